The molecule has 1 aromatic carbocycles. The number of hydrogen-bond acceptors (Lipinski definition) is 2. The molecule has 1 rings (SSSR count). The maximum atomic E-state index is 12.9. The second-order valence-electron chi connectivity index (χ2n) is 4.51. The molecule has 0 aliphatic carbocycles. The molecule has 0 saturated carbocycles. The van der Waals surface area contributed by atoms with Gasteiger partial charge < -0.3 is 9.84 Å². The molecule has 17 heavy (non-hydrogen) atoms. The predicted molar refractivity (Wildman–Crippen MR) is 62.5 cm³/mol. The molecule has 0 saturated heterocycles. The predicted octanol–water partition coefficient (Wildman–Crippen LogP) is 3.23. The molecule has 0 amide bonds. The molecule has 4 heteroatoms. The van der Waals surface area contributed by atoms with Crippen molar-refractivity contribution in [3.63, 3.8) is 0 Å². The fourth-order valence-electron chi connectivity index (χ4n) is 1.25. The minimum absolute atomic E-state index is 0.0445. The molecule has 1 aromatic rings. The summed E-state index contributed by atoms with van der Waals surface area (Å²) < 4.78 is 18.6. The van der Waals surface area contributed by atoms with Gasteiger partial charge in [-0.2, -0.15) is 0 Å². The summed E-state index contributed by atoms with van der Waals surface area (Å²) in [6.07, 6.45) is 0.816. The number of rotatable bonds is 5. The van der Waals surface area contributed by atoms with Crippen LogP contribution in [0, 0.1) is 5.82 Å². The van der Waals surface area contributed by atoms with Crippen molar-refractivity contribution in [3.05, 3.63) is 35.1 Å². The van der Waals surface area contributed by atoms with Crippen molar-refractivity contribution in [2.45, 2.75) is 39.4 Å². The Balaban J connectivity index is 2.88. The smallest absolute Gasteiger partial charge is 0.336 e. The topological polar surface area (TPSA) is 46.5 Å². The summed E-state index contributed by atoms with van der Waals surface area (Å²) in [4.78, 5) is 10.9. The molecule has 0 spiro atoms. The zero-order chi connectivity index (χ0) is 13.1. The van der Waals surface area contributed by atoms with Crippen LogP contribution in [0.1, 0.15) is 43.1 Å². The first-order chi connectivity index (χ1) is 7.85. The average molecular weight is 240 g/mol. The minimum Gasteiger partial charge on any atom is -0.478 e. The second kappa shape index (κ2) is 5.27. The van der Waals surface area contributed by atoms with Crippen LogP contribution in [0.2, 0.25) is 0 Å². The Bertz CT molecular complexity index is 413. The molecule has 0 heterocycles. The van der Waals surface area contributed by atoms with Gasteiger partial charge in [-0.1, -0.05) is 13.0 Å². The molecule has 0 bridgehead atoms. The van der Waals surface area contributed by atoms with Gasteiger partial charge in [0.25, 0.3) is 0 Å². The van der Waals surface area contributed by atoms with E-state index in [1.807, 2.05) is 20.8 Å². The Hall–Kier alpha value is -1.42. The number of carboxylic acid groups (broad SMARTS) is 1. The molecule has 94 valence electrons. The Morgan fingerprint density at radius 1 is 1.47 bits per heavy atom. The summed E-state index contributed by atoms with van der Waals surface area (Å²) in [5.41, 5.74) is 0.127. The first kappa shape index (κ1) is 13.6. The number of carbonyl (C=O) groups is 1. The van der Waals surface area contributed by atoms with E-state index in [0.717, 1.165) is 12.5 Å². The van der Waals surface area contributed by atoms with E-state index in [1.54, 1.807) is 0 Å². The van der Waals surface area contributed by atoms with Gasteiger partial charge in [0.2, 0.25) is 0 Å². The number of halogens is 1. The Morgan fingerprint density at radius 3 is 2.65 bits per heavy atom. The number of hydrogen-bond donors (Lipinski definition) is 1. The molecule has 3 nitrogen and oxygen atoms in total. The summed E-state index contributed by atoms with van der Waals surface area (Å²) in [5.74, 6) is -1.70. The van der Waals surface area contributed by atoms with Crippen molar-refractivity contribution in [2.24, 2.45) is 0 Å². The van der Waals surface area contributed by atoms with Gasteiger partial charge in [-0.3, -0.25) is 0 Å². The zero-order valence-electron chi connectivity index (χ0n) is 10.3. The van der Waals surface area contributed by atoms with Crippen LogP contribution in [0.15, 0.2) is 18.2 Å². The highest BCUT2D eigenvalue weighted by Gasteiger charge is 2.18. The number of carboxylic acids is 1. The molecule has 0 radical (unpaired) electrons. The van der Waals surface area contributed by atoms with Gasteiger partial charge >= 0.3 is 5.97 Å². The minimum atomic E-state index is -1.14. The van der Waals surface area contributed by atoms with E-state index in [2.05, 4.69) is 0 Å². The highest BCUT2D eigenvalue weighted by molar-refractivity contribution is 5.89. The van der Waals surface area contributed by atoms with Crippen molar-refractivity contribution in [3.8, 4) is 0 Å². The fourth-order valence-corrected chi connectivity index (χ4v) is 1.25. The van der Waals surface area contributed by atoms with Crippen molar-refractivity contribution in [2.75, 3.05) is 0 Å². The molecule has 0 unspecified atom stereocenters. The van der Waals surface area contributed by atoms with Crippen LogP contribution in [0.25, 0.3) is 0 Å². The number of ether oxygens (including phenoxy) is 1. The van der Waals surface area contributed by atoms with Crippen LogP contribution in [-0.2, 0) is 11.3 Å². The highest BCUT2D eigenvalue weighted by Crippen LogP contribution is 2.19. The normalized spacial score (nSPS) is 11.5. The lowest BCUT2D eigenvalue weighted by atomic mass is 10.1. The van der Waals surface area contributed by atoms with Crippen molar-refractivity contribution in [1.29, 1.82) is 0 Å². The van der Waals surface area contributed by atoms with Crippen LogP contribution in [0.3, 0.4) is 0 Å². The maximum Gasteiger partial charge on any atom is 0.336 e. The summed E-state index contributed by atoms with van der Waals surface area (Å²) in [7, 11) is 0. The molecule has 0 atom stereocenters. The maximum absolute atomic E-state index is 12.9. The highest BCUT2D eigenvalue weighted by atomic mass is 19.1. The van der Waals surface area contributed by atoms with Crippen LogP contribution in [-0.4, -0.2) is 16.7 Å². The van der Waals surface area contributed by atoms with E-state index in [1.165, 1.54) is 12.1 Å². The Kier molecular flexibility index (Phi) is 4.23. The number of benzene rings is 1. The third-order valence-electron chi connectivity index (χ3n) is 2.77. The van der Waals surface area contributed by atoms with Crippen LogP contribution < -0.4 is 0 Å². The lowest BCUT2D eigenvalue weighted by Crippen LogP contribution is -2.23. The van der Waals surface area contributed by atoms with E-state index in [9.17, 15) is 9.18 Å². The largest absolute Gasteiger partial charge is 0.478 e. The number of aromatic carboxylic acids is 1. The summed E-state index contributed by atoms with van der Waals surface area (Å²) in [5, 5.41) is 8.95. The molecule has 0 aliphatic heterocycles. The lowest BCUT2D eigenvalue weighted by Gasteiger charge is -2.23. The van der Waals surface area contributed by atoms with Crippen LogP contribution >= 0.6 is 0 Å². The van der Waals surface area contributed by atoms with E-state index in [-0.39, 0.29) is 17.8 Å². The molecular formula is C13H17FO3. The van der Waals surface area contributed by atoms with E-state index >= 15 is 0 Å². The monoisotopic (exact) mass is 240 g/mol. The first-order valence-corrected chi connectivity index (χ1v) is 5.51. The van der Waals surface area contributed by atoms with Gasteiger partial charge in [-0.25, -0.2) is 9.18 Å². The standard InChI is InChI=1S/C13H17FO3/c1-4-13(2,3)17-8-9-5-6-10(14)7-11(9)12(15)16/h5-7H,4,8H2,1-3H3,(H,15,16). The SMILES string of the molecule is CCC(C)(C)OCc1ccc(F)cc1C(=O)O. The molecule has 0 aliphatic rings. The zero-order valence-corrected chi connectivity index (χ0v) is 10.3. The Morgan fingerprint density at radius 2 is 2.12 bits per heavy atom. The van der Waals surface area contributed by atoms with Crippen LogP contribution in [0.4, 0.5) is 4.39 Å². The third-order valence-corrected chi connectivity index (χ3v) is 2.77. The van der Waals surface area contributed by atoms with Crippen LogP contribution in [0.5, 0.6) is 0 Å². The van der Waals surface area contributed by atoms with E-state index in [4.69, 9.17) is 9.84 Å². The van der Waals surface area contributed by atoms with E-state index in [0.29, 0.717) is 5.56 Å². The van der Waals surface area contributed by atoms with Gasteiger partial charge in [0.1, 0.15) is 5.82 Å². The van der Waals surface area contributed by atoms with Crippen molar-refractivity contribution in [1.82, 2.24) is 0 Å². The Labute approximate surface area is 100 Å². The summed E-state index contributed by atoms with van der Waals surface area (Å²) >= 11 is 0. The molecule has 0 aromatic heterocycles. The van der Waals surface area contributed by atoms with Crippen molar-refractivity contribution < 1.29 is 19.0 Å². The van der Waals surface area contributed by atoms with Gasteiger partial charge in [0, 0.05) is 0 Å². The van der Waals surface area contributed by atoms with Gasteiger partial charge in [0.15, 0.2) is 0 Å². The average Bonchev–Trinajstić information content (AvgIpc) is 2.27. The van der Waals surface area contributed by atoms with Gasteiger partial charge in [-0.15, -0.1) is 0 Å². The van der Waals surface area contributed by atoms with Gasteiger partial charge in [-0.05, 0) is 38.0 Å². The lowest BCUT2D eigenvalue weighted by molar-refractivity contribution is -0.0320. The quantitative estimate of drug-likeness (QED) is 0.859. The molecule has 1 N–H and O–H groups in total. The van der Waals surface area contributed by atoms with Crippen molar-refractivity contribution >= 4 is 5.97 Å². The van der Waals surface area contributed by atoms with Gasteiger partial charge in [0.05, 0.1) is 17.8 Å². The summed E-state index contributed by atoms with van der Waals surface area (Å²) in [6.45, 7) is 6.01. The fraction of sp³-hybridized carbons (Fsp3) is 0.462. The third kappa shape index (κ3) is 3.82. The summed E-state index contributed by atoms with van der Waals surface area (Å²) in [6, 6.07) is 3.70. The van der Waals surface area contributed by atoms with E-state index < -0.39 is 11.8 Å². The second-order valence-corrected chi connectivity index (χ2v) is 4.51. The molecular weight excluding hydrogens is 223 g/mol. The molecule has 0 fully saturated rings. The first-order valence-electron chi connectivity index (χ1n) is 5.51.